The van der Waals surface area contributed by atoms with Crippen LogP contribution in [-0.2, 0) is 4.79 Å². The highest BCUT2D eigenvalue weighted by atomic mass is 16.2. The van der Waals surface area contributed by atoms with E-state index < -0.39 is 0 Å². The maximum atomic E-state index is 12.5. The molecular weight excluding hydrogens is 340 g/mol. The number of carbonyl (C=O) groups excluding carboxylic acids is 1. The van der Waals surface area contributed by atoms with Crippen molar-refractivity contribution in [1.29, 1.82) is 0 Å². The molecule has 7 nitrogen and oxygen atoms in total. The summed E-state index contributed by atoms with van der Waals surface area (Å²) in [6.45, 7) is 5.32. The number of hydrazone groups is 1. The molecule has 1 aromatic heterocycles. The maximum Gasteiger partial charge on any atom is 0.226 e. The Morgan fingerprint density at radius 2 is 2.07 bits per heavy atom. The van der Waals surface area contributed by atoms with Crippen molar-refractivity contribution in [2.45, 2.75) is 50.5 Å². The Morgan fingerprint density at radius 3 is 2.70 bits per heavy atom. The lowest BCUT2D eigenvalue weighted by atomic mass is 9.96. The molecule has 1 unspecified atom stereocenters. The number of rotatable bonds is 4. The fourth-order valence-electron chi connectivity index (χ4n) is 4.36. The summed E-state index contributed by atoms with van der Waals surface area (Å²) in [5.74, 6) is 2.34. The normalized spacial score (nSPS) is 27.7. The van der Waals surface area contributed by atoms with E-state index >= 15 is 0 Å². The lowest BCUT2D eigenvalue weighted by molar-refractivity contribution is -0.134. The van der Waals surface area contributed by atoms with Gasteiger partial charge in [-0.05, 0) is 44.2 Å². The smallest absolute Gasteiger partial charge is 0.226 e. The average molecular weight is 368 g/mol. The predicted octanol–water partition coefficient (Wildman–Crippen LogP) is 1.66. The molecule has 1 aromatic rings. The number of nitrogens with two attached hydrogens (primary N) is 1. The molecule has 0 spiro atoms. The zero-order chi connectivity index (χ0) is 18.5. The van der Waals surface area contributed by atoms with Gasteiger partial charge in [-0.2, -0.15) is 5.10 Å². The number of amides is 1. The van der Waals surface area contributed by atoms with Crippen LogP contribution in [0.25, 0.3) is 0 Å². The molecule has 2 atom stereocenters. The highest BCUT2D eigenvalue weighted by Gasteiger charge is 2.38. The number of nitrogens with zero attached hydrogens (tertiary/aromatic N) is 4. The molecular formula is C20H28N6O. The van der Waals surface area contributed by atoms with Gasteiger partial charge in [0.1, 0.15) is 0 Å². The average Bonchev–Trinajstić information content (AvgIpc) is 3.59. The Hall–Kier alpha value is -2.31. The molecule has 2 saturated carbocycles. The van der Waals surface area contributed by atoms with E-state index in [0.717, 1.165) is 50.5 Å². The van der Waals surface area contributed by atoms with Gasteiger partial charge in [-0.1, -0.05) is 0 Å². The van der Waals surface area contributed by atoms with Crippen LogP contribution >= 0.6 is 0 Å². The van der Waals surface area contributed by atoms with E-state index in [0.29, 0.717) is 11.8 Å². The van der Waals surface area contributed by atoms with Crippen molar-refractivity contribution in [3.8, 4) is 0 Å². The molecule has 1 saturated heterocycles. The molecule has 3 heterocycles. The monoisotopic (exact) mass is 368 g/mol. The summed E-state index contributed by atoms with van der Waals surface area (Å²) in [6.07, 6.45) is 6.51. The molecule has 0 bridgehead atoms. The van der Waals surface area contributed by atoms with Crippen LogP contribution in [0.3, 0.4) is 0 Å². The Morgan fingerprint density at radius 1 is 1.26 bits per heavy atom. The van der Waals surface area contributed by atoms with Gasteiger partial charge < -0.3 is 21.0 Å². The first-order chi connectivity index (χ1) is 13.1. The molecule has 7 heteroatoms. The van der Waals surface area contributed by atoms with Gasteiger partial charge in [0.15, 0.2) is 5.82 Å². The molecule has 2 aliphatic heterocycles. The first kappa shape index (κ1) is 16.8. The quantitative estimate of drug-likeness (QED) is 0.844. The number of carbonyl (C=O) groups is 1. The summed E-state index contributed by atoms with van der Waals surface area (Å²) in [4.78, 5) is 21.9. The van der Waals surface area contributed by atoms with Crippen molar-refractivity contribution in [1.82, 2.24) is 15.3 Å². The standard InChI is InChI=1S/C20H28N6O/c1-12-11-25(6-7-26(12)20(27)14-4-5-14)19-17(21)8-16(15-9-22-23-10-15)18(24-19)13-2-3-13/h8-9,12-15,23H,2-7,10-11,21H2,1H3/t12-,15?/m1/s1. The molecule has 0 aromatic carbocycles. The molecule has 4 aliphatic rings. The first-order valence-corrected chi connectivity index (χ1v) is 10.2. The Kier molecular flexibility index (Phi) is 3.98. The fraction of sp³-hybridized carbons (Fsp3) is 0.650. The zero-order valence-electron chi connectivity index (χ0n) is 15.9. The van der Waals surface area contributed by atoms with E-state index in [2.05, 4.69) is 33.3 Å². The van der Waals surface area contributed by atoms with E-state index in [4.69, 9.17) is 10.7 Å². The maximum absolute atomic E-state index is 12.5. The summed E-state index contributed by atoms with van der Waals surface area (Å²) >= 11 is 0. The molecule has 27 heavy (non-hydrogen) atoms. The van der Waals surface area contributed by atoms with Gasteiger partial charge >= 0.3 is 0 Å². The van der Waals surface area contributed by atoms with Crippen LogP contribution in [0, 0.1) is 5.92 Å². The second kappa shape index (κ2) is 6.39. The fourth-order valence-corrected chi connectivity index (χ4v) is 4.36. The van der Waals surface area contributed by atoms with Crippen molar-refractivity contribution in [2.75, 3.05) is 36.8 Å². The second-order valence-electron chi connectivity index (χ2n) is 8.50. The van der Waals surface area contributed by atoms with E-state index in [-0.39, 0.29) is 17.9 Å². The molecule has 2 aliphatic carbocycles. The molecule has 0 radical (unpaired) electrons. The van der Waals surface area contributed by atoms with Crippen LogP contribution < -0.4 is 16.1 Å². The topological polar surface area (TPSA) is 86.8 Å². The van der Waals surface area contributed by atoms with Gasteiger partial charge in [0.2, 0.25) is 5.91 Å². The van der Waals surface area contributed by atoms with E-state index in [1.165, 1.54) is 24.1 Å². The highest BCUT2D eigenvalue weighted by molar-refractivity contribution is 5.82. The van der Waals surface area contributed by atoms with Gasteiger partial charge in [-0.15, -0.1) is 0 Å². The minimum Gasteiger partial charge on any atom is -0.396 e. The summed E-state index contributed by atoms with van der Waals surface area (Å²) in [5, 5.41) is 4.17. The molecule has 1 amide bonds. The minimum atomic E-state index is 0.197. The van der Waals surface area contributed by atoms with Crippen LogP contribution in [0.2, 0.25) is 0 Å². The number of aromatic nitrogens is 1. The summed E-state index contributed by atoms with van der Waals surface area (Å²) in [6, 6.07) is 2.31. The number of pyridine rings is 1. The third kappa shape index (κ3) is 3.13. The van der Waals surface area contributed by atoms with Gasteiger partial charge in [0.25, 0.3) is 0 Å². The number of hydrogen-bond donors (Lipinski definition) is 2. The van der Waals surface area contributed by atoms with Crippen molar-refractivity contribution < 1.29 is 4.79 Å². The van der Waals surface area contributed by atoms with E-state index in [1.54, 1.807) is 0 Å². The number of nitrogens with one attached hydrogen (secondary N) is 1. The Balaban J connectivity index is 1.39. The lowest BCUT2D eigenvalue weighted by Gasteiger charge is -2.41. The Bertz CT molecular complexity index is 785. The van der Waals surface area contributed by atoms with Crippen LogP contribution in [-0.4, -0.2) is 54.2 Å². The van der Waals surface area contributed by atoms with Crippen molar-refractivity contribution in [3.63, 3.8) is 0 Å². The summed E-state index contributed by atoms with van der Waals surface area (Å²) in [7, 11) is 0. The van der Waals surface area contributed by atoms with Gasteiger partial charge in [-0.25, -0.2) is 4.98 Å². The van der Waals surface area contributed by atoms with Gasteiger partial charge in [-0.3, -0.25) is 4.79 Å². The van der Waals surface area contributed by atoms with Gasteiger partial charge in [0.05, 0.1) is 5.69 Å². The number of piperazine rings is 1. The number of nitrogen functional groups attached to an aromatic ring is 1. The molecule has 5 rings (SSSR count). The highest BCUT2D eigenvalue weighted by Crippen LogP contribution is 2.44. The van der Waals surface area contributed by atoms with Crippen molar-refractivity contribution in [2.24, 2.45) is 11.0 Å². The van der Waals surface area contributed by atoms with Gasteiger partial charge in [0, 0.05) is 61.9 Å². The number of hydrogen-bond acceptors (Lipinski definition) is 6. The SMILES string of the molecule is C[C@@H]1CN(c2nc(C3CC3)c(C3C=NNC3)cc2N)CCN1C(=O)C1CC1. The number of anilines is 2. The Labute approximate surface area is 160 Å². The van der Waals surface area contributed by atoms with Crippen LogP contribution in [0.15, 0.2) is 11.2 Å². The minimum absolute atomic E-state index is 0.197. The van der Waals surface area contributed by atoms with E-state index in [1.807, 2.05) is 6.21 Å². The summed E-state index contributed by atoms with van der Waals surface area (Å²) < 4.78 is 0. The predicted molar refractivity (Wildman–Crippen MR) is 106 cm³/mol. The van der Waals surface area contributed by atoms with E-state index in [9.17, 15) is 4.79 Å². The van der Waals surface area contributed by atoms with Crippen LogP contribution in [0.4, 0.5) is 11.5 Å². The first-order valence-electron chi connectivity index (χ1n) is 10.2. The lowest BCUT2D eigenvalue weighted by Crippen LogP contribution is -2.54. The molecule has 144 valence electrons. The molecule has 3 fully saturated rings. The zero-order valence-corrected chi connectivity index (χ0v) is 15.9. The largest absolute Gasteiger partial charge is 0.396 e. The van der Waals surface area contributed by atoms with Crippen molar-refractivity contribution >= 4 is 23.6 Å². The second-order valence-corrected chi connectivity index (χ2v) is 8.50. The van der Waals surface area contributed by atoms with Crippen LogP contribution in [0.1, 0.15) is 55.7 Å². The third-order valence-corrected chi connectivity index (χ3v) is 6.25. The van der Waals surface area contributed by atoms with Crippen LogP contribution in [0.5, 0.6) is 0 Å². The molecule has 3 N–H and O–H groups in total. The summed E-state index contributed by atoms with van der Waals surface area (Å²) in [5.41, 5.74) is 12.7. The third-order valence-electron chi connectivity index (χ3n) is 6.25. The van der Waals surface area contributed by atoms with Crippen molar-refractivity contribution in [3.05, 3.63) is 17.3 Å².